The van der Waals surface area contributed by atoms with E-state index in [1.54, 1.807) is 23.6 Å². The van der Waals surface area contributed by atoms with Crippen LogP contribution in [0, 0.1) is 0 Å². The molecule has 1 fully saturated rings. The van der Waals surface area contributed by atoms with Crippen LogP contribution >= 0.6 is 23.1 Å². The van der Waals surface area contributed by atoms with Crippen LogP contribution in [0.3, 0.4) is 0 Å². The summed E-state index contributed by atoms with van der Waals surface area (Å²) in [6.07, 6.45) is 2.11. The minimum Gasteiger partial charge on any atom is -0.493 e. The summed E-state index contributed by atoms with van der Waals surface area (Å²) in [6.45, 7) is 2.18. The third-order valence-corrected chi connectivity index (χ3v) is 6.17. The first-order valence-electron chi connectivity index (χ1n) is 8.58. The Morgan fingerprint density at radius 3 is 2.81 bits per heavy atom. The average Bonchev–Trinajstić information content (AvgIpc) is 3.36. The molecule has 1 amide bonds. The lowest BCUT2D eigenvalue weighted by molar-refractivity contribution is -0.116. The number of hydrogen-bond donors (Lipinski definition) is 0. The summed E-state index contributed by atoms with van der Waals surface area (Å²) in [6, 6.07) is 14.7. The van der Waals surface area contributed by atoms with Crippen LogP contribution in [-0.2, 0) is 4.79 Å². The number of carbonyl (C=O) groups is 1. The molecule has 1 aromatic heterocycles. The predicted molar refractivity (Wildman–Crippen MR) is 106 cm³/mol. The maximum atomic E-state index is 11.8. The van der Waals surface area contributed by atoms with Gasteiger partial charge in [0, 0.05) is 18.7 Å². The number of amides is 1. The molecule has 1 saturated carbocycles. The van der Waals surface area contributed by atoms with Gasteiger partial charge in [-0.05, 0) is 35.7 Å². The van der Waals surface area contributed by atoms with E-state index in [2.05, 4.69) is 34.5 Å². The van der Waals surface area contributed by atoms with Gasteiger partial charge >= 0.3 is 0 Å². The molecule has 0 aliphatic heterocycles. The number of anilines is 1. The molecule has 0 radical (unpaired) electrons. The molecule has 134 valence electrons. The SMILES string of the molecule is CC(=O)N(c1nnc(SCCOc2ccc3ccccc3c2)s1)C1CC1. The van der Waals surface area contributed by atoms with Crippen LogP contribution in [0.2, 0.25) is 0 Å². The van der Waals surface area contributed by atoms with Crippen molar-refractivity contribution in [1.82, 2.24) is 10.2 Å². The van der Waals surface area contributed by atoms with E-state index in [0.717, 1.165) is 28.7 Å². The van der Waals surface area contributed by atoms with E-state index in [9.17, 15) is 4.79 Å². The molecule has 3 aromatic rings. The molecule has 1 aliphatic carbocycles. The van der Waals surface area contributed by atoms with Gasteiger partial charge in [0.25, 0.3) is 0 Å². The molecule has 7 heteroatoms. The summed E-state index contributed by atoms with van der Waals surface area (Å²) in [7, 11) is 0. The zero-order chi connectivity index (χ0) is 17.9. The van der Waals surface area contributed by atoms with Gasteiger partial charge in [-0.3, -0.25) is 9.69 Å². The van der Waals surface area contributed by atoms with E-state index in [1.807, 2.05) is 18.2 Å². The molecule has 0 N–H and O–H groups in total. The van der Waals surface area contributed by atoms with E-state index < -0.39 is 0 Å². The Morgan fingerprint density at radius 1 is 1.23 bits per heavy atom. The highest BCUT2D eigenvalue weighted by molar-refractivity contribution is 8.01. The van der Waals surface area contributed by atoms with Crippen molar-refractivity contribution in [3.8, 4) is 5.75 Å². The highest BCUT2D eigenvalue weighted by Crippen LogP contribution is 2.35. The zero-order valence-corrected chi connectivity index (χ0v) is 16.1. The molecule has 1 aliphatic rings. The lowest BCUT2D eigenvalue weighted by Crippen LogP contribution is -2.30. The maximum absolute atomic E-state index is 11.8. The van der Waals surface area contributed by atoms with Crippen molar-refractivity contribution in [2.75, 3.05) is 17.3 Å². The summed E-state index contributed by atoms with van der Waals surface area (Å²) in [5, 5.41) is 11.5. The highest BCUT2D eigenvalue weighted by Gasteiger charge is 2.34. The maximum Gasteiger partial charge on any atom is 0.225 e. The fraction of sp³-hybridized carbons (Fsp3) is 0.316. The quantitative estimate of drug-likeness (QED) is 0.343. The third kappa shape index (κ3) is 3.99. The summed E-state index contributed by atoms with van der Waals surface area (Å²) in [5.41, 5.74) is 0. The van der Waals surface area contributed by atoms with Gasteiger partial charge in [0.05, 0.1) is 6.61 Å². The first-order chi connectivity index (χ1) is 12.7. The molecule has 0 saturated heterocycles. The van der Waals surface area contributed by atoms with Crippen molar-refractivity contribution in [3.05, 3.63) is 42.5 Å². The second-order valence-electron chi connectivity index (χ2n) is 6.18. The molecule has 0 spiro atoms. The Kier molecular flexibility index (Phi) is 5.08. The normalized spacial score (nSPS) is 13.7. The highest BCUT2D eigenvalue weighted by atomic mass is 32.2. The van der Waals surface area contributed by atoms with E-state index >= 15 is 0 Å². The smallest absolute Gasteiger partial charge is 0.225 e. The summed E-state index contributed by atoms with van der Waals surface area (Å²) < 4.78 is 6.72. The third-order valence-electron chi connectivity index (χ3n) is 4.15. The molecule has 2 aromatic carbocycles. The fourth-order valence-electron chi connectivity index (χ4n) is 2.78. The first-order valence-corrected chi connectivity index (χ1v) is 10.4. The van der Waals surface area contributed by atoms with Gasteiger partial charge in [-0.15, -0.1) is 10.2 Å². The zero-order valence-electron chi connectivity index (χ0n) is 14.4. The monoisotopic (exact) mass is 385 g/mol. The van der Waals surface area contributed by atoms with Gasteiger partial charge in [-0.25, -0.2) is 0 Å². The Labute approximate surface area is 160 Å². The number of benzene rings is 2. The van der Waals surface area contributed by atoms with Crippen LogP contribution in [0.1, 0.15) is 19.8 Å². The second kappa shape index (κ2) is 7.63. The van der Waals surface area contributed by atoms with Crippen LogP contribution in [0.4, 0.5) is 5.13 Å². The van der Waals surface area contributed by atoms with Gasteiger partial charge in [-0.1, -0.05) is 53.4 Å². The van der Waals surface area contributed by atoms with Crippen LogP contribution in [0.15, 0.2) is 46.8 Å². The molecule has 26 heavy (non-hydrogen) atoms. The Hall–Kier alpha value is -2.12. The molecule has 0 unspecified atom stereocenters. The number of rotatable bonds is 7. The fourth-order valence-corrected chi connectivity index (χ4v) is 4.63. The van der Waals surface area contributed by atoms with Crippen molar-refractivity contribution < 1.29 is 9.53 Å². The van der Waals surface area contributed by atoms with Crippen LogP contribution in [-0.4, -0.2) is 34.5 Å². The topological polar surface area (TPSA) is 55.3 Å². The number of fused-ring (bicyclic) bond motifs is 1. The van der Waals surface area contributed by atoms with E-state index in [0.29, 0.717) is 17.8 Å². The van der Waals surface area contributed by atoms with Crippen LogP contribution < -0.4 is 9.64 Å². The lowest BCUT2D eigenvalue weighted by Gasteiger charge is -2.15. The molecular formula is C19H19N3O2S2. The van der Waals surface area contributed by atoms with Gasteiger partial charge in [-0.2, -0.15) is 0 Å². The molecule has 0 bridgehead atoms. The molecular weight excluding hydrogens is 366 g/mol. The molecule has 4 rings (SSSR count). The Balaban J connectivity index is 1.30. The number of thioether (sulfide) groups is 1. The summed E-state index contributed by atoms with van der Waals surface area (Å²) >= 11 is 3.08. The standard InChI is InChI=1S/C19H19N3O2S2/c1-13(23)22(16-7-8-16)18-20-21-19(26-18)25-11-10-24-17-9-6-14-4-2-3-5-15(14)12-17/h2-6,9,12,16H,7-8,10-11H2,1H3. The number of aromatic nitrogens is 2. The van der Waals surface area contributed by atoms with Gasteiger partial charge in [0.2, 0.25) is 11.0 Å². The van der Waals surface area contributed by atoms with Crippen molar-refractivity contribution in [2.24, 2.45) is 0 Å². The Bertz CT molecular complexity index is 924. The largest absolute Gasteiger partial charge is 0.493 e. The van der Waals surface area contributed by atoms with Gasteiger partial charge in [0.1, 0.15) is 5.75 Å². The van der Waals surface area contributed by atoms with E-state index in [-0.39, 0.29) is 5.91 Å². The Morgan fingerprint density at radius 2 is 2.04 bits per heavy atom. The van der Waals surface area contributed by atoms with Crippen molar-refractivity contribution in [3.63, 3.8) is 0 Å². The van der Waals surface area contributed by atoms with E-state index in [4.69, 9.17) is 4.74 Å². The van der Waals surface area contributed by atoms with Crippen LogP contribution in [0.5, 0.6) is 5.75 Å². The number of nitrogens with zero attached hydrogens (tertiary/aromatic N) is 3. The van der Waals surface area contributed by atoms with Crippen molar-refractivity contribution >= 4 is 44.9 Å². The molecule has 5 nitrogen and oxygen atoms in total. The number of ether oxygens (including phenoxy) is 1. The van der Waals surface area contributed by atoms with Crippen molar-refractivity contribution in [2.45, 2.75) is 30.1 Å². The number of carbonyl (C=O) groups excluding carboxylic acids is 1. The predicted octanol–water partition coefficient (Wildman–Crippen LogP) is 4.38. The van der Waals surface area contributed by atoms with Gasteiger partial charge in [0.15, 0.2) is 4.34 Å². The second-order valence-corrected chi connectivity index (χ2v) is 8.47. The lowest BCUT2D eigenvalue weighted by atomic mass is 10.1. The average molecular weight is 386 g/mol. The van der Waals surface area contributed by atoms with Crippen LogP contribution in [0.25, 0.3) is 10.8 Å². The van der Waals surface area contributed by atoms with Gasteiger partial charge < -0.3 is 4.74 Å². The summed E-state index contributed by atoms with van der Waals surface area (Å²) in [4.78, 5) is 13.6. The number of hydrogen-bond acceptors (Lipinski definition) is 6. The van der Waals surface area contributed by atoms with E-state index in [1.165, 1.54) is 22.1 Å². The summed E-state index contributed by atoms with van der Waals surface area (Å²) in [5.74, 6) is 1.70. The molecule has 0 atom stereocenters. The first kappa shape index (κ1) is 17.3. The minimum absolute atomic E-state index is 0.0415. The minimum atomic E-state index is 0.0415. The molecule has 1 heterocycles. The van der Waals surface area contributed by atoms with Crippen molar-refractivity contribution in [1.29, 1.82) is 0 Å².